The maximum Gasteiger partial charge on any atom is 0.417 e. The number of benzene rings is 1. The fourth-order valence-electron chi connectivity index (χ4n) is 2.75. The Bertz CT molecular complexity index is 646. The van der Waals surface area contributed by atoms with Crippen molar-refractivity contribution < 1.29 is 18.0 Å². The first kappa shape index (κ1) is 14.7. The number of nitriles is 1. The zero-order valence-electron chi connectivity index (χ0n) is 11.7. The van der Waals surface area contributed by atoms with Crippen molar-refractivity contribution in [3.63, 3.8) is 0 Å². The van der Waals surface area contributed by atoms with E-state index in [0.29, 0.717) is 19.0 Å². The smallest absolute Gasteiger partial charge is 0.374 e. The lowest BCUT2D eigenvalue weighted by Gasteiger charge is -2.18. The Balaban J connectivity index is 1.78. The molecule has 0 unspecified atom stereocenters. The van der Waals surface area contributed by atoms with Gasteiger partial charge in [-0.25, -0.2) is 0 Å². The highest BCUT2D eigenvalue weighted by Gasteiger charge is 2.40. The van der Waals surface area contributed by atoms with Crippen LogP contribution in [0, 0.1) is 11.3 Å². The molecule has 1 heterocycles. The van der Waals surface area contributed by atoms with Crippen LogP contribution in [0.4, 0.5) is 18.9 Å². The molecule has 4 nitrogen and oxygen atoms in total. The Kier molecular flexibility index (Phi) is 3.47. The molecule has 1 saturated heterocycles. The van der Waals surface area contributed by atoms with E-state index in [1.165, 1.54) is 12.1 Å². The van der Waals surface area contributed by atoms with Crippen molar-refractivity contribution in [2.75, 3.05) is 11.9 Å². The van der Waals surface area contributed by atoms with Crippen molar-refractivity contribution in [2.45, 2.75) is 37.5 Å². The maximum atomic E-state index is 12.9. The summed E-state index contributed by atoms with van der Waals surface area (Å²) in [7, 11) is 0. The molecule has 3 rings (SSSR count). The second-order valence-corrected chi connectivity index (χ2v) is 5.62. The summed E-state index contributed by atoms with van der Waals surface area (Å²) in [5.41, 5.74) is -1.19. The fourth-order valence-corrected chi connectivity index (χ4v) is 2.75. The number of nitrogens with one attached hydrogen (secondary N) is 1. The average Bonchev–Trinajstić information content (AvgIpc) is 3.24. The van der Waals surface area contributed by atoms with Gasteiger partial charge in [-0.15, -0.1) is 0 Å². The predicted molar refractivity (Wildman–Crippen MR) is 72.9 cm³/mol. The molecule has 1 amide bonds. The van der Waals surface area contributed by atoms with E-state index in [0.717, 1.165) is 25.0 Å². The topological polar surface area (TPSA) is 56.1 Å². The molecule has 2 fully saturated rings. The number of anilines is 1. The summed E-state index contributed by atoms with van der Waals surface area (Å²) in [5, 5.41) is 11.6. The molecule has 1 aromatic carbocycles. The number of amides is 1. The lowest BCUT2D eigenvalue weighted by atomic mass is 10.1. The number of rotatable bonds is 3. The van der Waals surface area contributed by atoms with Gasteiger partial charge in [0.05, 0.1) is 17.2 Å². The molecule has 1 atom stereocenters. The molecule has 0 aromatic heterocycles. The van der Waals surface area contributed by atoms with Gasteiger partial charge in [0.25, 0.3) is 0 Å². The van der Waals surface area contributed by atoms with Crippen LogP contribution in [0.5, 0.6) is 0 Å². The maximum absolute atomic E-state index is 12.9. The van der Waals surface area contributed by atoms with Crippen LogP contribution in [0.15, 0.2) is 18.2 Å². The second-order valence-electron chi connectivity index (χ2n) is 5.62. The number of halogens is 3. The minimum atomic E-state index is -4.59. The molecule has 2 aliphatic rings. The number of nitrogens with zero attached hydrogens (tertiary/aromatic N) is 2. The normalized spacial score (nSPS) is 21.8. The Labute approximate surface area is 125 Å². The van der Waals surface area contributed by atoms with Gasteiger partial charge < -0.3 is 10.2 Å². The zero-order valence-corrected chi connectivity index (χ0v) is 11.7. The number of likely N-dealkylation sites (tertiary alicyclic amines) is 1. The molecule has 0 radical (unpaired) electrons. The van der Waals surface area contributed by atoms with Crippen molar-refractivity contribution >= 4 is 11.6 Å². The molecule has 1 N–H and O–H groups in total. The van der Waals surface area contributed by atoms with E-state index in [9.17, 15) is 18.0 Å². The fraction of sp³-hybridized carbons (Fsp3) is 0.467. The number of hydrogen-bond acceptors (Lipinski definition) is 3. The van der Waals surface area contributed by atoms with Gasteiger partial charge in [-0.3, -0.25) is 4.79 Å². The number of hydrogen-bond donors (Lipinski definition) is 1. The van der Waals surface area contributed by atoms with Crippen LogP contribution in [-0.2, 0) is 11.0 Å². The van der Waals surface area contributed by atoms with E-state index in [4.69, 9.17) is 5.26 Å². The van der Waals surface area contributed by atoms with Crippen molar-refractivity contribution in [3.8, 4) is 6.07 Å². The van der Waals surface area contributed by atoms with Gasteiger partial charge in [-0.05, 0) is 37.5 Å². The summed E-state index contributed by atoms with van der Waals surface area (Å²) in [4.78, 5) is 14.0. The van der Waals surface area contributed by atoms with Gasteiger partial charge in [0, 0.05) is 18.3 Å². The van der Waals surface area contributed by atoms with Crippen LogP contribution in [0.2, 0.25) is 0 Å². The van der Waals surface area contributed by atoms with Gasteiger partial charge in [-0.2, -0.15) is 18.4 Å². The van der Waals surface area contributed by atoms with E-state index in [2.05, 4.69) is 5.32 Å². The lowest BCUT2D eigenvalue weighted by Crippen LogP contribution is -2.34. The summed E-state index contributed by atoms with van der Waals surface area (Å²) >= 11 is 0. The molecule has 116 valence electrons. The third kappa shape index (κ3) is 2.73. The quantitative estimate of drug-likeness (QED) is 0.934. The molecule has 1 saturated carbocycles. The van der Waals surface area contributed by atoms with Crippen molar-refractivity contribution in [3.05, 3.63) is 29.3 Å². The highest BCUT2D eigenvalue weighted by atomic mass is 19.4. The highest BCUT2D eigenvalue weighted by molar-refractivity contribution is 5.87. The monoisotopic (exact) mass is 309 g/mol. The Morgan fingerprint density at radius 2 is 2.00 bits per heavy atom. The molecule has 0 spiro atoms. The van der Waals surface area contributed by atoms with E-state index in [1.54, 1.807) is 4.90 Å². The number of alkyl halides is 3. The molecular weight excluding hydrogens is 295 g/mol. The van der Waals surface area contributed by atoms with Crippen molar-refractivity contribution in [1.82, 2.24) is 4.90 Å². The van der Waals surface area contributed by atoms with Gasteiger partial charge in [0.15, 0.2) is 0 Å². The molecule has 7 heteroatoms. The molecule has 0 bridgehead atoms. The van der Waals surface area contributed by atoms with Crippen LogP contribution in [0.1, 0.15) is 30.4 Å². The standard InChI is InChI=1S/C15H14F3N3O/c16-15(17,18)12-7-10(2-1-9(12)8-19)20-13-5-6-21(14(13)22)11-3-4-11/h1-2,7,11,13,20H,3-6H2/t13-/m1/s1. The largest absolute Gasteiger partial charge is 0.417 e. The SMILES string of the molecule is N#Cc1ccc(N[C@@H]2CCN(C3CC3)C2=O)cc1C(F)(F)F. The summed E-state index contributed by atoms with van der Waals surface area (Å²) in [6.45, 7) is 0.642. The summed E-state index contributed by atoms with van der Waals surface area (Å²) in [5.74, 6) is -0.0552. The van der Waals surface area contributed by atoms with Crippen molar-refractivity contribution in [2.24, 2.45) is 0 Å². The number of carbonyl (C=O) groups is 1. The zero-order chi connectivity index (χ0) is 15.9. The Hall–Kier alpha value is -2.23. The van der Waals surface area contributed by atoms with Crippen LogP contribution >= 0.6 is 0 Å². The van der Waals surface area contributed by atoms with Crippen LogP contribution in [-0.4, -0.2) is 29.4 Å². The molecule has 1 aliphatic heterocycles. The molecule has 22 heavy (non-hydrogen) atoms. The third-order valence-electron chi connectivity index (χ3n) is 4.01. The summed E-state index contributed by atoms with van der Waals surface area (Å²) in [6.07, 6.45) is -2.00. The molecular formula is C15H14F3N3O. The Morgan fingerprint density at radius 3 is 2.59 bits per heavy atom. The van der Waals surface area contributed by atoms with E-state index in [-0.39, 0.29) is 11.6 Å². The first-order valence-corrected chi connectivity index (χ1v) is 7.08. The Morgan fingerprint density at radius 1 is 1.27 bits per heavy atom. The highest BCUT2D eigenvalue weighted by Crippen LogP contribution is 2.35. The lowest BCUT2D eigenvalue weighted by molar-refractivity contribution is -0.137. The molecule has 1 aromatic rings. The summed E-state index contributed by atoms with van der Waals surface area (Å²) in [6, 6.07) is 4.79. The molecule has 1 aliphatic carbocycles. The van der Waals surface area contributed by atoms with Crippen LogP contribution in [0.3, 0.4) is 0 Å². The van der Waals surface area contributed by atoms with Crippen LogP contribution in [0.25, 0.3) is 0 Å². The van der Waals surface area contributed by atoms with Crippen LogP contribution < -0.4 is 5.32 Å². The van der Waals surface area contributed by atoms with Crippen molar-refractivity contribution in [1.29, 1.82) is 5.26 Å². The minimum absolute atomic E-state index is 0.0552. The second kappa shape index (κ2) is 5.20. The predicted octanol–water partition coefficient (Wildman–Crippen LogP) is 2.75. The minimum Gasteiger partial charge on any atom is -0.374 e. The van der Waals surface area contributed by atoms with Gasteiger partial charge in [0.1, 0.15) is 6.04 Å². The van der Waals surface area contributed by atoms with Gasteiger partial charge in [-0.1, -0.05) is 0 Å². The first-order chi connectivity index (χ1) is 10.4. The van der Waals surface area contributed by atoms with E-state index in [1.807, 2.05) is 0 Å². The third-order valence-corrected chi connectivity index (χ3v) is 4.01. The average molecular weight is 309 g/mol. The number of carbonyl (C=O) groups excluding carboxylic acids is 1. The van der Waals surface area contributed by atoms with Gasteiger partial charge >= 0.3 is 6.18 Å². The summed E-state index contributed by atoms with van der Waals surface area (Å²) < 4.78 is 38.8. The van der Waals surface area contributed by atoms with E-state index < -0.39 is 23.3 Å². The van der Waals surface area contributed by atoms with Gasteiger partial charge in [0.2, 0.25) is 5.91 Å². The first-order valence-electron chi connectivity index (χ1n) is 7.08. The van der Waals surface area contributed by atoms with E-state index >= 15 is 0 Å².